The van der Waals surface area contributed by atoms with Crippen LogP contribution in [-0.2, 0) is 14.6 Å². The summed E-state index contributed by atoms with van der Waals surface area (Å²) in [5.41, 5.74) is 0.438. The molecule has 0 saturated heterocycles. The van der Waals surface area contributed by atoms with Gasteiger partial charge in [0.15, 0.2) is 5.65 Å². The average molecular weight is 336 g/mol. The highest BCUT2D eigenvalue weighted by molar-refractivity contribution is 7.91. The van der Waals surface area contributed by atoms with Gasteiger partial charge in [0.05, 0.1) is 0 Å². The molecule has 1 fully saturated rings. The van der Waals surface area contributed by atoms with Gasteiger partial charge in [-0.1, -0.05) is 13.0 Å². The van der Waals surface area contributed by atoms with Crippen LogP contribution in [0.1, 0.15) is 32.6 Å². The molecule has 1 aliphatic carbocycles. The largest absolute Gasteiger partial charge is 0.352 e. The van der Waals surface area contributed by atoms with Gasteiger partial charge in [-0.2, -0.15) is 0 Å². The molecule has 0 radical (unpaired) electrons. The van der Waals surface area contributed by atoms with Crippen molar-refractivity contribution in [2.24, 2.45) is 5.92 Å². The Kier molecular flexibility index (Phi) is 4.34. The highest BCUT2D eigenvalue weighted by Crippen LogP contribution is 2.23. The van der Waals surface area contributed by atoms with E-state index in [1.807, 2.05) is 0 Å². The fourth-order valence-corrected chi connectivity index (χ4v) is 4.12. The summed E-state index contributed by atoms with van der Waals surface area (Å²) in [6.07, 6.45) is 5.50. The third-order valence-electron chi connectivity index (χ3n) is 4.26. The van der Waals surface area contributed by atoms with E-state index in [-0.39, 0.29) is 11.2 Å². The molecule has 0 spiro atoms. The average Bonchev–Trinajstić information content (AvgIpc) is 2.94. The molecule has 1 saturated carbocycles. The molecule has 0 bridgehead atoms. The number of hydrogen-bond donors (Lipinski definition) is 1. The van der Waals surface area contributed by atoms with Gasteiger partial charge < -0.3 is 5.32 Å². The number of hydrogen-bond acceptors (Lipinski definition) is 5. The Morgan fingerprint density at radius 1 is 1.26 bits per heavy atom. The zero-order chi connectivity index (χ0) is 16.4. The van der Waals surface area contributed by atoms with E-state index in [1.54, 1.807) is 24.4 Å². The summed E-state index contributed by atoms with van der Waals surface area (Å²) in [7, 11) is -3.83. The third kappa shape index (κ3) is 3.52. The number of aromatic nitrogens is 3. The molecule has 1 amide bonds. The van der Waals surface area contributed by atoms with Crippen LogP contribution < -0.4 is 5.32 Å². The quantitative estimate of drug-likeness (QED) is 0.905. The summed E-state index contributed by atoms with van der Waals surface area (Å²) in [6, 6.07) is 5.18. The molecule has 3 rings (SSSR count). The summed E-state index contributed by atoms with van der Waals surface area (Å²) in [5, 5.41) is 10.2. The van der Waals surface area contributed by atoms with Gasteiger partial charge in [0.2, 0.25) is 15.7 Å². The summed E-state index contributed by atoms with van der Waals surface area (Å²) in [4.78, 5) is 12.1. The Balaban J connectivity index is 1.70. The lowest BCUT2D eigenvalue weighted by Crippen LogP contribution is -2.40. The first-order valence-electron chi connectivity index (χ1n) is 7.77. The minimum atomic E-state index is -3.83. The lowest BCUT2D eigenvalue weighted by atomic mass is 9.87. The van der Waals surface area contributed by atoms with E-state index in [1.165, 1.54) is 4.40 Å². The van der Waals surface area contributed by atoms with E-state index >= 15 is 0 Å². The van der Waals surface area contributed by atoms with Gasteiger partial charge in [0.1, 0.15) is 5.75 Å². The Morgan fingerprint density at radius 3 is 2.74 bits per heavy atom. The van der Waals surface area contributed by atoms with Crippen LogP contribution in [0.25, 0.3) is 5.65 Å². The number of nitrogens with zero attached hydrogens (tertiary/aromatic N) is 3. The molecule has 8 heteroatoms. The molecular weight excluding hydrogens is 316 g/mol. The number of sulfone groups is 1. The van der Waals surface area contributed by atoms with Crippen LogP contribution in [0.2, 0.25) is 0 Å². The van der Waals surface area contributed by atoms with Gasteiger partial charge >= 0.3 is 0 Å². The monoisotopic (exact) mass is 336 g/mol. The molecular formula is C15H20N4O3S. The second-order valence-corrected chi connectivity index (χ2v) is 8.08. The second kappa shape index (κ2) is 6.27. The number of rotatable bonds is 4. The van der Waals surface area contributed by atoms with Crippen molar-refractivity contribution >= 4 is 21.4 Å². The minimum absolute atomic E-state index is 0.0732. The van der Waals surface area contributed by atoms with Crippen molar-refractivity contribution in [3.63, 3.8) is 0 Å². The number of pyridine rings is 1. The molecule has 0 aromatic carbocycles. The summed E-state index contributed by atoms with van der Waals surface area (Å²) in [5.74, 6) is -0.402. The van der Waals surface area contributed by atoms with Crippen LogP contribution >= 0.6 is 0 Å². The van der Waals surface area contributed by atoms with Crippen LogP contribution in [0.4, 0.5) is 0 Å². The first-order valence-corrected chi connectivity index (χ1v) is 9.43. The Morgan fingerprint density at radius 2 is 2.00 bits per heavy atom. The standard InChI is InChI=1S/C15H20N4O3S/c1-11-5-7-12(8-6-11)16-14(20)10-23(21,22)15-18-17-13-4-2-3-9-19(13)15/h2-4,9,11-12H,5-8,10H2,1H3,(H,16,20). The van der Waals surface area contributed by atoms with Crippen LogP contribution in [0.15, 0.2) is 29.6 Å². The van der Waals surface area contributed by atoms with Gasteiger partial charge in [0.25, 0.3) is 5.16 Å². The van der Waals surface area contributed by atoms with Gasteiger partial charge in [-0.15, -0.1) is 10.2 Å². The Labute approximate surface area is 135 Å². The molecule has 0 atom stereocenters. The third-order valence-corrected chi connectivity index (χ3v) is 5.74. The molecule has 2 heterocycles. The number of fused-ring (bicyclic) bond motifs is 1. The fraction of sp³-hybridized carbons (Fsp3) is 0.533. The number of nitrogens with one attached hydrogen (secondary N) is 1. The molecule has 2 aromatic rings. The maximum absolute atomic E-state index is 12.4. The predicted octanol–water partition coefficient (Wildman–Crippen LogP) is 1.20. The lowest BCUT2D eigenvalue weighted by Gasteiger charge is -2.26. The van der Waals surface area contributed by atoms with Crippen LogP contribution in [0.5, 0.6) is 0 Å². The maximum Gasteiger partial charge on any atom is 0.254 e. The number of amides is 1. The van der Waals surface area contributed by atoms with E-state index in [9.17, 15) is 13.2 Å². The zero-order valence-electron chi connectivity index (χ0n) is 13.0. The maximum atomic E-state index is 12.4. The highest BCUT2D eigenvalue weighted by Gasteiger charge is 2.27. The van der Waals surface area contributed by atoms with Crippen molar-refractivity contribution in [3.8, 4) is 0 Å². The molecule has 0 aliphatic heterocycles. The Hall–Kier alpha value is -1.96. The second-order valence-electron chi connectivity index (χ2n) is 6.19. The molecule has 0 unspecified atom stereocenters. The van der Waals surface area contributed by atoms with E-state index in [0.29, 0.717) is 11.6 Å². The van der Waals surface area contributed by atoms with Crippen molar-refractivity contribution in [2.75, 3.05) is 5.75 Å². The van der Waals surface area contributed by atoms with Gasteiger partial charge in [-0.3, -0.25) is 9.20 Å². The molecule has 23 heavy (non-hydrogen) atoms. The SMILES string of the molecule is CC1CCC(NC(=O)CS(=O)(=O)c2nnc3ccccn23)CC1. The van der Waals surface area contributed by atoms with Crippen molar-refractivity contribution < 1.29 is 13.2 Å². The molecule has 7 nitrogen and oxygen atoms in total. The summed E-state index contributed by atoms with van der Waals surface area (Å²) < 4.78 is 26.2. The van der Waals surface area contributed by atoms with Crippen molar-refractivity contribution in [1.29, 1.82) is 0 Å². The molecule has 2 aromatic heterocycles. The van der Waals surface area contributed by atoms with Crippen molar-refractivity contribution in [1.82, 2.24) is 19.9 Å². The van der Waals surface area contributed by atoms with E-state index < -0.39 is 21.5 Å². The van der Waals surface area contributed by atoms with Crippen LogP contribution in [0.3, 0.4) is 0 Å². The van der Waals surface area contributed by atoms with Gasteiger partial charge in [-0.05, 0) is 43.7 Å². The number of carbonyl (C=O) groups is 1. The van der Waals surface area contributed by atoms with E-state index in [2.05, 4.69) is 22.4 Å². The lowest BCUT2D eigenvalue weighted by molar-refractivity contribution is -0.119. The van der Waals surface area contributed by atoms with Crippen molar-refractivity contribution in [2.45, 2.75) is 43.8 Å². The van der Waals surface area contributed by atoms with Gasteiger partial charge in [-0.25, -0.2) is 8.42 Å². The van der Waals surface area contributed by atoms with E-state index in [0.717, 1.165) is 25.7 Å². The topological polar surface area (TPSA) is 93.4 Å². The molecule has 1 N–H and O–H groups in total. The normalized spacial score (nSPS) is 22.1. The first-order chi connectivity index (χ1) is 11.0. The zero-order valence-corrected chi connectivity index (χ0v) is 13.8. The predicted molar refractivity (Wildman–Crippen MR) is 84.6 cm³/mol. The van der Waals surface area contributed by atoms with Crippen molar-refractivity contribution in [3.05, 3.63) is 24.4 Å². The number of carbonyl (C=O) groups excluding carboxylic acids is 1. The fourth-order valence-electron chi connectivity index (χ4n) is 2.94. The van der Waals surface area contributed by atoms with Crippen LogP contribution in [0, 0.1) is 5.92 Å². The minimum Gasteiger partial charge on any atom is -0.352 e. The first kappa shape index (κ1) is 15.9. The molecule has 124 valence electrons. The van der Waals surface area contributed by atoms with Gasteiger partial charge in [0, 0.05) is 12.2 Å². The molecule has 1 aliphatic rings. The highest BCUT2D eigenvalue weighted by atomic mass is 32.2. The smallest absolute Gasteiger partial charge is 0.254 e. The van der Waals surface area contributed by atoms with Crippen LogP contribution in [-0.4, -0.2) is 40.7 Å². The van der Waals surface area contributed by atoms with E-state index in [4.69, 9.17) is 0 Å². The summed E-state index contributed by atoms with van der Waals surface area (Å²) >= 11 is 0. The summed E-state index contributed by atoms with van der Waals surface area (Å²) in [6.45, 7) is 2.19. The Bertz CT molecular complexity index is 807.